The molecular formula is C24H50N4. The van der Waals surface area contributed by atoms with Gasteiger partial charge in [0, 0.05) is 35.2 Å². The van der Waals surface area contributed by atoms with Crippen LogP contribution in [0.5, 0.6) is 0 Å². The summed E-state index contributed by atoms with van der Waals surface area (Å²) in [6.45, 7) is 21.1. The molecule has 0 spiro atoms. The van der Waals surface area contributed by atoms with E-state index in [-0.39, 0.29) is 11.1 Å². The molecule has 0 aliphatic carbocycles. The first kappa shape index (κ1) is 24.1. The van der Waals surface area contributed by atoms with E-state index in [4.69, 9.17) is 0 Å². The number of rotatable bonds is 9. The van der Waals surface area contributed by atoms with Crippen molar-refractivity contribution in [3.63, 3.8) is 0 Å². The minimum Gasteiger partial charge on any atom is -0.314 e. The average molecular weight is 395 g/mol. The fourth-order valence-corrected chi connectivity index (χ4v) is 5.48. The van der Waals surface area contributed by atoms with Crippen LogP contribution in [-0.4, -0.2) is 48.3 Å². The highest BCUT2D eigenvalue weighted by molar-refractivity contribution is 4.97. The molecule has 166 valence electrons. The Morgan fingerprint density at radius 3 is 1.36 bits per heavy atom. The van der Waals surface area contributed by atoms with Crippen LogP contribution in [0.2, 0.25) is 0 Å². The van der Waals surface area contributed by atoms with Gasteiger partial charge in [-0.2, -0.15) is 0 Å². The van der Waals surface area contributed by atoms with E-state index >= 15 is 0 Å². The summed E-state index contributed by atoms with van der Waals surface area (Å²) in [6.07, 6.45) is 7.75. The second kappa shape index (κ2) is 10.2. The van der Waals surface area contributed by atoms with Crippen LogP contribution in [0.1, 0.15) is 93.9 Å². The van der Waals surface area contributed by atoms with Gasteiger partial charge in [-0.25, -0.2) is 0 Å². The molecule has 4 N–H and O–H groups in total. The van der Waals surface area contributed by atoms with Crippen LogP contribution in [0, 0.1) is 11.8 Å². The van der Waals surface area contributed by atoms with Crippen molar-refractivity contribution in [1.29, 1.82) is 0 Å². The summed E-state index contributed by atoms with van der Waals surface area (Å²) in [5, 5.41) is 15.2. The first-order chi connectivity index (χ1) is 13.0. The molecule has 2 saturated heterocycles. The lowest BCUT2D eigenvalue weighted by atomic mass is 9.79. The minimum atomic E-state index is 0.257. The molecule has 0 aromatic heterocycles. The number of piperidine rings is 2. The van der Waals surface area contributed by atoms with Gasteiger partial charge in [0.1, 0.15) is 0 Å². The van der Waals surface area contributed by atoms with Crippen molar-refractivity contribution < 1.29 is 0 Å². The highest BCUT2D eigenvalue weighted by Gasteiger charge is 2.37. The molecule has 0 aromatic carbocycles. The normalized spacial score (nSPS) is 37.7. The third kappa shape index (κ3) is 7.27. The van der Waals surface area contributed by atoms with Gasteiger partial charge in [0.15, 0.2) is 0 Å². The number of hydrogen-bond acceptors (Lipinski definition) is 4. The van der Waals surface area contributed by atoms with Gasteiger partial charge >= 0.3 is 0 Å². The lowest BCUT2D eigenvalue weighted by Gasteiger charge is -2.45. The van der Waals surface area contributed by atoms with Crippen LogP contribution in [0.25, 0.3) is 0 Å². The predicted molar refractivity (Wildman–Crippen MR) is 123 cm³/mol. The van der Waals surface area contributed by atoms with E-state index in [1.165, 1.54) is 51.6 Å². The molecule has 0 amide bonds. The molecule has 6 atom stereocenters. The molecule has 2 rings (SSSR count). The van der Waals surface area contributed by atoms with E-state index in [0.717, 1.165) is 0 Å². The smallest absolute Gasteiger partial charge is 0.0142 e. The minimum absolute atomic E-state index is 0.257. The van der Waals surface area contributed by atoms with E-state index in [2.05, 4.69) is 76.7 Å². The SMILES string of the molecule is CC1NC(C)(C)CC(NCCCCCCNC2CC(C)(C)NC(C)C2C)C1C. The summed E-state index contributed by atoms with van der Waals surface area (Å²) in [5.74, 6) is 1.41. The van der Waals surface area contributed by atoms with Crippen LogP contribution < -0.4 is 21.3 Å². The standard InChI is InChI=1S/C24H50N4/c1-17-19(3)27-23(5,6)15-21(17)25-13-11-9-10-12-14-26-22-16-24(7,8)28-20(4)18(22)2/h17-22,25-28H,9-16H2,1-8H3. The maximum atomic E-state index is 3.86. The molecule has 0 bridgehead atoms. The van der Waals surface area contributed by atoms with Crippen molar-refractivity contribution >= 4 is 0 Å². The number of nitrogens with one attached hydrogen (secondary N) is 4. The van der Waals surface area contributed by atoms with Gasteiger partial charge in [-0.1, -0.05) is 26.7 Å². The zero-order chi connectivity index (χ0) is 20.9. The lowest BCUT2D eigenvalue weighted by molar-refractivity contribution is 0.147. The summed E-state index contributed by atoms with van der Waals surface area (Å²) in [6, 6.07) is 2.49. The van der Waals surface area contributed by atoms with Gasteiger partial charge < -0.3 is 21.3 Å². The summed E-state index contributed by atoms with van der Waals surface area (Å²) in [5.41, 5.74) is 0.514. The second-order valence-electron chi connectivity index (χ2n) is 11.3. The monoisotopic (exact) mass is 394 g/mol. The quantitative estimate of drug-likeness (QED) is 0.446. The first-order valence-electron chi connectivity index (χ1n) is 12.0. The molecule has 0 radical (unpaired) electrons. The van der Waals surface area contributed by atoms with Crippen LogP contribution in [0.15, 0.2) is 0 Å². The Kier molecular flexibility index (Phi) is 8.82. The Labute approximate surface area is 175 Å². The molecule has 4 heteroatoms. The van der Waals surface area contributed by atoms with Crippen molar-refractivity contribution in [2.24, 2.45) is 11.8 Å². The van der Waals surface area contributed by atoms with Crippen LogP contribution in [-0.2, 0) is 0 Å². The molecule has 4 nitrogen and oxygen atoms in total. The van der Waals surface area contributed by atoms with E-state index in [1.54, 1.807) is 0 Å². The maximum absolute atomic E-state index is 3.86. The molecule has 2 heterocycles. The van der Waals surface area contributed by atoms with Crippen molar-refractivity contribution in [1.82, 2.24) is 21.3 Å². The predicted octanol–water partition coefficient (Wildman–Crippen LogP) is 4.06. The van der Waals surface area contributed by atoms with Gasteiger partial charge in [-0.05, 0) is 92.2 Å². The van der Waals surface area contributed by atoms with Crippen molar-refractivity contribution in [2.45, 2.75) is 129 Å². The summed E-state index contributed by atoms with van der Waals surface area (Å²) in [7, 11) is 0. The van der Waals surface area contributed by atoms with E-state index < -0.39 is 0 Å². The zero-order valence-corrected chi connectivity index (χ0v) is 20.1. The Morgan fingerprint density at radius 2 is 1.00 bits per heavy atom. The summed E-state index contributed by atoms with van der Waals surface area (Å²) < 4.78 is 0. The van der Waals surface area contributed by atoms with Gasteiger partial charge in [-0.15, -0.1) is 0 Å². The fourth-order valence-electron chi connectivity index (χ4n) is 5.48. The molecule has 6 unspecified atom stereocenters. The lowest BCUT2D eigenvalue weighted by Crippen LogP contribution is -2.60. The van der Waals surface area contributed by atoms with E-state index in [0.29, 0.717) is 36.0 Å². The number of unbranched alkanes of at least 4 members (excludes halogenated alkanes) is 3. The Morgan fingerprint density at radius 1 is 0.643 bits per heavy atom. The topological polar surface area (TPSA) is 48.1 Å². The fraction of sp³-hybridized carbons (Fsp3) is 1.00. The highest BCUT2D eigenvalue weighted by atomic mass is 15.1. The van der Waals surface area contributed by atoms with Crippen LogP contribution in [0.4, 0.5) is 0 Å². The van der Waals surface area contributed by atoms with E-state index in [1.807, 2.05) is 0 Å². The molecule has 2 aliphatic rings. The van der Waals surface area contributed by atoms with Crippen LogP contribution >= 0.6 is 0 Å². The van der Waals surface area contributed by atoms with E-state index in [9.17, 15) is 0 Å². The molecule has 2 aliphatic heterocycles. The third-order valence-corrected chi connectivity index (χ3v) is 7.46. The van der Waals surface area contributed by atoms with Gasteiger partial charge in [0.05, 0.1) is 0 Å². The van der Waals surface area contributed by atoms with Crippen molar-refractivity contribution in [3.05, 3.63) is 0 Å². The maximum Gasteiger partial charge on any atom is 0.0142 e. The second-order valence-corrected chi connectivity index (χ2v) is 11.3. The van der Waals surface area contributed by atoms with Gasteiger partial charge in [0.2, 0.25) is 0 Å². The number of hydrogen-bond donors (Lipinski definition) is 4. The molecule has 28 heavy (non-hydrogen) atoms. The largest absolute Gasteiger partial charge is 0.314 e. The molecule has 0 saturated carbocycles. The van der Waals surface area contributed by atoms with Crippen molar-refractivity contribution in [2.75, 3.05) is 13.1 Å². The van der Waals surface area contributed by atoms with Gasteiger partial charge in [-0.3, -0.25) is 0 Å². The molecule has 2 fully saturated rings. The van der Waals surface area contributed by atoms with Crippen LogP contribution in [0.3, 0.4) is 0 Å². The highest BCUT2D eigenvalue weighted by Crippen LogP contribution is 2.27. The average Bonchev–Trinajstić information content (AvgIpc) is 2.57. The Bertz CT molecular complexity index is 420. The third-order valence-electron chi connectivity index (χ3n) is 7.46. The Balaban J connectivity index is 1.55. The summed E-state index contributed by atoms with van der Waals surface area (Å²) in [4.78, 5) is 0. The zero-order valence-electron chi connectivity index (χ0n) is 20.1. The van der Waals surface area contributed by atoms with Crippen molar-refractivity contribution in [3.8, 4) is 0 Å². The summed E-state index contributed by atoms with van der Waals surface area (Å²) >= 11 is 0. The molecule has 0 aromatic rings. The molecular weight excluding hydrogens is 344 g/mol. The Hall–Kier alpha value is -0.160. The first-order valence-corrected chi connectivity index (χ1v) is 12.0. The van der Waals surface area contributed by atoms with Gasteiger partial charge in [0.25, 0.3) is 0 Å².